The molecule has 4 aromatic rings. The lowest BCUT2D eigenvalue weighted by Crippen LogP contribution is -2.16. The van der Waals surface area contributed by atoms with Gasteiger partial charge in [-0.3, -0.25) is 8.91 Å². The number of anilines is 2. The minimum absolute atomic E-state index is 0.213. The van der Waals surface area contributed by atoms with Gasteiger partial charge in [-0.2, -0.15) is 8.42 Å². The predicted octanol–water partition coefficient (Wildman–Crippen LogP) is 4.75. The fraction of sp³-hybridized carbons (Fsp3) is 0.174. The summed E-state index contributed by atoms with van der Waals surface area (Å²) >= 11 is 2.84. The van der Waals surface area contributed by atoms with Crippen molar-refractivity contribution in [1.29, 1.82) is 0 Å². The number of ether oxygens (including phenoxy) is 1. The zero-order valence-electron chi connectivity index (χ0n) is 18.8. The first kappa shape index (κ1) is 24.8. The largest absolute Gasteiger partial charge is 0.464 e. The van der Waals surface area contributed by atoms with Gasteiger partial charge in [-0.15, -0.1) is 22.7 Å². The zero-order valence-corrected chi connectivity index (χ0v) is 21.2. The molecular weight excluding hydrogens is 508 g/mol. The van der Waals surface area contributed by atoms with Crippen LogP contribution in [0, 0.1) is 0 Å². The maximum absolute atomic E-state index is 12.1. The molecule has 0 radical (unpaired) electrons. The standard InChI is InChI=1S/C23H22N4O5S3/c1-31-23(28)20-22(34-14-24-20)25-18(19-13-33-21(26-19)16-6-4-3-5-7-16)12-15-8-10-17(11-9-15)27-35(29,30)32-2/h3-11,13-14,18,25,27H,12H2,1-2H3/t18-/m0/s1. The van der Waals surface area contributed by atoms with Gasteiger partial charge in [-0.25, -0.2) is 14.8 Å². The van der Waals surface area contributed by atoms with Crippen molar-refractivity contribution in [2.75, 3.05) is 24.3 Å². The van der Waals surface area contributed by atoms with Crippen molar-refractivity contribution in [2.24, 2.45) is 0 Å². The number of carbonyl (C=O) groups excluding carboxylic acids is 1. The van der Waals surface area contributed by atoms with Gasteiger partial charge in [0.1, 0.15) is 10.0 Å². The van der Waals surface area contributed by atoms with Gasteiger partial charge in [-0.05, 0) is 24.1 Å². The molecule has 0 spiro atoms. The molecule has 2 N–H and O–H groups in total. The number of hydrogen-bond acceptors (Lipinski definition) is 10. The number of methoxy groups -OCH3 is 1. The number of nitrogens with zero attached hydrogens (tertiary/aromatic N) is 2. The maximum atomic E-state index is 12.1. The van der Waals surface area contributed by atoms with Crippen molar-refractivity contribution < 1.29 is 22.1 Å². The summed E-state index contributed by atoms with van der Waals surface area (Å²) in [5.41, 5.74) is 4.94. The molecule has 9 nitrogen and oxygen atoms in total. The fourth-order valence-corrected chi connectivity index (χ4v) is 5.38. The Kier molecular flexibility index (Phi) is 7.76. The Labute approximate surface area is 211 Å². The van der Waals surface area contributed by atoms with Gasteiger partial charge in [0.25, 0.3) is 0 Å². The Morgan fingerprint density at radius 3 is 2.49 bits per heavy atom. The highest BCUT2D eigenvalue weighted by molar-refractivity contribution is 7.88. The molecule has 182 valence electrons. The Balaban J connectivity index is 1.62. The van der Waals surface area contributed by atoms with Gasteiger partial charge < -0.3 is 10.1 Å². The van der Waals surface area contributed by atoms with Crippen LogP contribution in [-0.2, 0) is 25.6 Å². The molecule has 0 amide bonds. The highest BCUT2D eigenvalue weighted by Gasteiger charge is 2.22. The van der Waals surface area contributed by atoms with Crippen LogP contribution in [0.1, 0.15) is 27.8 Å². The van der Waals surface area contributed by atoms with Gasteiger partial charge >= 0.3 is 16.3 Å². The molecule has 12 heteroatoms. The van der Waals surface area contributed by atoms with E-state index in [0.717, 1.165) is 28.9 Å². The third-order valence-electron chi connectivity index (χ3n) is 5.01. The molecule has 0 saturated carbocycles. The van der Waals surface area contributed by atoms with Gasteiger partial charge in [0, 0.05) is 10.9 Å². The lowest BCUT2D eigenvalue weighted by molar-refractivity contribution is 0.0596. The molecule has 0 bridgehead atoms. The Morgan fingerprint density at radius 2 is 1.80 bits per heavy atom. The molecule has 0 fully saturated rings. The molecule has 0 saturated heterocycles. The van der Waals surface area contributed by atoms with E-state index in [2.05, 4.69) is 19.2 Å². The zero-order chi connectivity index (χ0) is 24.8. The first-order valence-corrected chi connectivity index (χ1v) is 13.5. The van der Waals surface area contributed by atoms with E-state index in [-0.39, 0.29) is 11.7 Å². The summed E-state index contributed by atoms with van der Waals surface area (Å²) in [6, 6.07) is 16.6. The smallest absolute Gasteiger partial charge is 0.359 e. The highest BCUT2D eigenvalue weighted by Crippen LogP contribution is 2.32. The Hall–Kier alpha value is -3.32. The minimum Gasteiger partial charge on any atom is -0.464 e. The number of thiazole rings is 2. The molecule has 2 aromatic heterocycles. The minimum atomic E-state index is -3.85. The Morgan fingerprint density at radius 1 is 1.06 bits per heavy atom. The van der Waals surface area contributed by atoms with Gasteiger partial charge in [0.05, 0.1) is 37.2 Å². The van der Waals surface area contributed by atoms with Crippen LogP contribution in [0.25, 0.3) is 10.6 Å². The Bertz CT molecular complexity index is 1390. The van der Waals surface area contributed by atoms with E-state index in [1.54, 1.807) is 17.6 Å². The summed E-state index contributed by atoms with van der Waals surface area (Å²) in [6.07, 6.45) is 0.522. The van der Waals surface area contributed by atoms with Crippen LogP contribution in [0.2, 0.25) is 0 Å². The van der Waals surface area contributed by atoms with Crippen molar-refractivity contribution in [3.8, 4) is 10.6 Å². The molecule has 0 aliphatic rings. The molecule has 4 rings (SSSR count). The quantitative estimate of drug-likeness (QED) is 0.282. The van der Waals surface area contributed by atoms with Crippen LogP contribution in [0.5, 0.6) is 0 Å². The van der Waals surface area contributed by atoms with Crippen molar-refractivity contribution in [3.63, 3.8) is 0 Å². The third-order valence-corrected chi connectivity index (χ3v) is 7.60. The molecule has 35 heavy (non-hydrogen) atoms. The number of esters is 1. The fourth-order valence-electron chi connectivity index (χ4n) is 3.27. The van der Waals surface area contributed by atoms with Crippen LogP contribution in [-0.4, -0.2) is 38.6 Å². The molecule has 2 heterocycles. The summed E-state index contributed by atoms with van der Waals surface area (Å²) in [5, 5.41) is 6.86. The second-order valence-corrected chi connectivity index (χ2v) is 10.4. The van der Waals surface area contributed by atoms with Crippen molar-refractivity contribution in [2.45, 2.75) is 12.5 Å². The van der Waals surface area contributed by atoms with Crippen LogP contribution in [0.3, 0.4) is 0 Å². The second kappa shape index (κ2) is 11.0. The lowest BCUT2D eigenvalue weighted by Gasteiger charge is -2.18. The summed E-state index contributed by atoms with van der Waals surface area (Å²) in [7, 11) is -1.44. The average molecular weight is 531 g/mol. The van der Waals surface area contributed by atoms with Crippen molar-refractivity contribution in [1.82, 2.24) is 9.97 Å². The normalized spacial score (nSPS) is 12.2. The number of nitrogens with one attached hydrogen (secondary N) is 2. The second-order valence-electron chi connectivity index (χ2n) is 7.29. The molecule has 0 unspecified atom stereocenters. The SMILES string of the molecule is COC(=O)c1ncsc1N[C@@H](Cc1ccc(NS(=O)(=O)OC)cc1)c1csc(-c2ccccc2)n1. The molecule has 1 atom stereocenters. The molecule has 0 aliphatic carbocycles. The third kappa shape index (κ3) is 6.22. The lowest BCUT2D eigenvalue weighted by atomic mass is 10.0. The highest BCUT2D eigenvalue weighted by atomic mass is 32.2. The van der Waals surface area contributed by atoms with E-state index in [4.69, 9.17) is 9.72 Å². The van der Waals surface area contributed by atoms with Gasteiger partial charge in [0.2, 0.25) is 0 Å². The monoisotopic (exact) mass is 530 g/mol. The number of aromatic nitrogens is 2. The van der Waals surface area contributed by atoms with Crippen LogP contribution in [0.4, 0.5) is 10.7 Å². The molecule has 2 aromatic carbocycles. The van der Waals surface area contributed by atoms with Gasteiger partial charge in [-0.1, -0.05) is 42.5 Å². The molecule has 0 aliphatic heterocycles. The average Bonchev–Trinajstić information content (AvgIpc) is 3.55. The number of hydrogen-bond donors (Lipinski definition) is 2. The number of rotatable bonds is 10. The van der Waals surface area contributed by atoms with E-state index in [1.807, 2.05) is 47.8 Å². The summed E-state index contributed by atoms with van der Waals surface area (Å²) in [6.45, 7) is 0. The predicted molar refractivity (Wildman–Crippen MR) is 137 cm³/mol. The summed E-state index contributed by atoms with van der Waals surface area (Å²) in [4.78, 5) is 21.1. The molecular formula is C23H22N4O5S3. The first-order chi connectivity index (χ1) is 16.9. The van der Waals surface area contributed by atoms with E-state index in [1.165, 1.54) is 29.8 Å². The van der Waals surface area contributed by atoms with E-state index in [9.17, 15) is 13.2 Å². The number of carbonyl (C=O) groups is 1. The van der Waals surface area contributed by atoms with Gasteiger partial charge in [0.15, 0.2) is 5.69 Å². The number of benzene rings is 2. The van der Waals surface area contributed by atoms with Crippen molar-refractivity contribution >= 4 is 49.6 Å². The van der Waals surface area contributed by atoms with Crippen LogP contribution in [0.15, 0.2) is 65.5 Å². The topological polar surface area (TPSA) is 120 Å². The van der Waals surface area contributed by atoms with E-state index >= 15 is 0 Å². The van der Waals surface area contributed by atoms with E-state index in [0.29, 0.717) is 17.1 Å². The van der Waals surface area contributed by atoms with Crippen molar-refractivity contribution in [3.05, 3.63) is 82.4 Å². The van der Waals surface area contributed by atoms with Crippen LogP contribution < -0.4 is 10.0 Å². The maximum Gasteiger partial charge on any atom is 0.359 e. The van der Waals surface area contributed by atoms with E-state index < -0.39 is 16.3 Å². The van der Waals surface area contributed by atoms with Crippen LogP contribution >= 0.6 is 22.7 Å². The summed E-state index contributed by atoms with van der Waals surface area (Å²) in [5.74, 6) is -0.523. The summed E-state index contributed by atoms with van der Waals surface area (Å²) < 4.78 is 34.9. The first-order valence-electron chi connectivity index (χ1n) is 10.3.